The fraction of sp³-hybridized carbons (Fsp3) is 0.565. The third-order valence-electron chi connectivity index (χ3n) is 6.05. The van der Waals surface area contributed by atoms with Crippen LogP contribution in [0.3, 0.4) is 0 Å². The van der Waals surface area contributed by atoms with E-state index in [0.29, 0.717) is 0 Å². The summed E-state index contributed by atoms with van der Waals surface area (Å²) < 4.78 is 5.40. The van der Waals surface area contributed by atoms with Gasteiger partial charge in [0.25, 0.3) is 0 Å². The van der Waals surface area contributed by atoms with Crippen LogP contribution in [0.4, 0.5) is 5.69 Å². The van der Waals surface area contributed by atoms with Crippen LogP contribution >= 0.6 is 11.3 Å². The first kappa shape index (κ1) is 21.4. The van der Waals surface area contributed by atoms with E-state index in [1.807, 2.05) is 19.1 Å². The highest BCUT2D eigenvalue weighted by molar-refractivity contribution is 7.09. The van der Waals surface area contributed by atoms with Gasteiger partial charge in [-0.05, 0) is 57.0 Å². The third kappa shape index (κ3) is 6.11. The highest BCUT2D eigenvalue weighted by Gasteiger charge is 2.25. The third-order valence-corrected chi connectivity index (χ3v) is 6.87. The number of aryl methyl sites for hydroxylation is 1. The van der Waals surface area contributed by atoms with Gasteiger partial charge in [-0.2, -0.15) is 0 Å². The molecule has 0 aliphatic carbocycles. The zero-order valence-electron chi connectivity index (χ0n) is 17.8. The number of hydrogen-bond donors (Lipinski definition) is 1. The minimum Gasteiger partial charge on any atom is -0.379 e. The molecule has 7 heteroatoms. The first-order chi connectivity index (χ1) is 14.7. The van der Waals surface area contributed by atoms with Crippen LogP contribution in [-0.4, -0.2) is 66.6 Å². The summed E-state index contributed by atoms with van der Waals surface area (Å²) in [6, 6.07) is 8.33. The molecule has 2 saturated heterocycles. The molecule has 1 aromatic carbocycles. The van der Waals surface area contributed by atoms with Gasteiger partial charge in [-0.1, -0.05) is 12.1 Å². The Balaban J connectivity index is 1.19. The molecule has 1 aromatic heterocycles. The number of carbonyl (C=O) groups excluding carboxylic acids is 1. The lowest BCUT2D eigenvalue weighted by Gasteiger charge is -2.30. The minimum absolute atomic E-state index is 0.0967. The Kier molecular flexibility index (Phi) is 7.49. The molecule has 2 fully saturated rings. The van der Waals surface area contributed by atoms with Crippen molar-refractivity contribution in [2.24, 2.45) is 5.92 Å². The zero-order valence-corrected chi connectivity index (χ0v) is 18.6. The van der Waals surface area contributed by atoms with Crippen LogP contribution in [0, 0.1) is 12.8 Å². The number of likely N-dealkylation sites (tertiary alicyclic amines) is 1. The van der Waals surface area contributed by atoms with E-state index in [2.05, 4.69) is 37.6 Å². The van der Waals surface area contributed by atoms with Gasteiger partial charge in [-0.3, -0.25) is 14.6 Å². The monoisotopic (exact) mass is 428 g/mol. The van der Waals surface area contributed by atoms with Gasteiger partial charge in [0.1, 0.15) is 0 Å². The fourth-order valence-electron chi connectivity index (χ4n) is 4.17. The van der Waals surface area contributed by atoms with Gasteiger partial charge < -0.3 is 10.1 Å². The Morgan fingerprint density at radius 3 is 2.53 bits per heavy atom. The number of hydrogen-bond acceptors (Lipinski definition) is 6. The summed E-state index contributed by atoms with van der Waals surface area (Å²) in [6.07, 6.45) is 2.85. The number of anilines is 1. The topological polar surface area (TPSA) is 57.7 Å². The molecule has 1 amide bonds. The van der Waals surface area contributed by atoms with Crippen molar-refractivity contribution in [3.05, 3.63) is 45.9 Å². The van der Waals surface area contributed by atoms with E-state index in [9.17, 15) is 4.79 Å². The molecule has 0 spiro atoms. The number of rotatable bonds is 7. The molecule has 6 nitrogen and oxygen atoms in total. The summed E-state index contributed by atoms with van der Waals surface area (Å²) in [6.45, 7) is 9.64. The number of morpholine rings is 1. The number of ether oxygens (including phenoxy) is 1. The summed E-state index contributed by atoms with van der Waals surface area (Å²) in [4.78, 5) is 22.1. The quantitative estimate of drug-likeness (QED) is 0.734. The maximum Gasteiger partial charge on any atom is 0.227 e. The molecule has 0 radical (unpaired) electrons. The lowest BCUT2D eigenvalue weighted by Crippen LogP contribution is -2.37. The lowest BCUT2D eigenvalue weighted by atomic mass is 9.95. The lowest BCUT2D eigenvalue weighted by molar-refractivity contribution is -0.121. The van der Waals surface area contributed by atoms with Crippen molar-refractivity contribution in [3.63, 3.8) is 0 Å². The molecule has 3 heterocycles. The molecule has 0 atom stereocenters. The Hall–Kier alpha value is -1.80. The minimum atomic E-state index is 0.0967. The Morgan fingerprint density at radius 1 is 1.13 bits per heavy atom. The smallest absolute Gasteiger partial charge is 0.227 e. The molecule has 0 bridgehead atoms. The van der Waals surface area contributed by atoms with Crippen molar-refractivity contribution in [2.45, 2.75) is 32.7 Å². The molecular formula is C23H32N4O2S. The van der Waals surface area contributed by atoms with Crippen molar-refractivity contribution in [1.29, 1.82) is 0 Å². The Morgan fingerprint density at radius 2 is 1.87 bits per heavy atom. The molecule has 0 unspecified atom stereocenters. The van der Waals surface area contributed by atoms with Gasteiger partial charge in [0, 0.05) is 43.2 Å². The standard InChI is InChI=1S/C23H32N4O2S/c1-18-24-22(17-30-18)16-27-10-7-20(8-11-27)23(28)25-21-4-2-19(3-5-21)6-9-26-12-14-29-15-13-26/h2-5,17,20H,6-16H2,1H3,(H,25,28). The van der Waals surface area contributed by atoms with Gasteiger partial charge in [-0.25, -0.2) is 4.98 Å². The number of nitrogens with one attached hydrogen (secondary N) is 1. The number of aromatic nitrogens is 1. The van der Waals surface area contributed by atoms with Crippen LogP contribution in [0.1, 0.15) is 29.1 Å². The largest absolute Gasteiger partial charge is 0.379 e. The molecule has 2 aliphatic heterocycles. The highest BCUT2D eigenvalue weighted by Crippen LogP contribution is 2.22. The predicted octanol–water partition coefficient (Wildman–Crippen LogP) is 3.18. The first-order valence-electron chi connectivity index (χ1n) is 11.0. The van der Waals surface area contributed by atoms with E-state index < -0.39 is 0 Å². The van der Waals surface area contributed by atoms with Crippen molar-refractivity contribution in [1.82, 2.24) is 14.8 Å². The SMILES string of the molecule is Cc1nc(CN2CCC(C(=O)Nc3ccc(CCN4CCOCC4)cc3)CC2)cs1. The van der Waals surface area contributed by atoms with Crippen LogP contribution in [-0.2, 0) is 22.5 Å². The van der Waals surface area contributed by atoms with Gasteiger partial charge in [0.2, 0.25) is 5.91 Å². The molecule has 162 valence electrons. The second-order valence-corrected chi connectivity index (χ2v) is 9.36. The molecule has 0 saturated carbocycles. The second-order valence-electron chi connectivity index (χ2n) is 8.30. The van der Waals surface area contributed by atoms with Gasteiger partial charge in [-0.15, -0.1) is 11.3 Å². The number of thiazole rings is 1. The van der Waals surface area contributed by atoms with E-state index in [4.69, 9.17) is 4.74 Å². The van der Waals surface area contributed by atoms with Gasteiger partial charge in [0.15, 0.2) is 0 Å². The van der Waals surface area contributed by atoms with Crippen LogP contribution in [0.2, 0.25) is 0 Å². The van der Waals surface area contributed by atoms with E-state index in [-0.39, 0.29) is 11.8 Å². The molecule has 4 rings (SSSR count). The van der Waals surface area contributed by atoms with Gasteiger partial charge in [0.05, 0.1) is 23.9 Å². The van der Waals surface area contributed by atoms with Crippen molar-refractivity contribution < 1.29 is 9.53 Å². The number of piperidine rings is 1. The highest BCUT2D eigenvalue weighted by atomic mass is 32.1. The number of amides is 1. The average Bonchev–Trinajstić information content (AvgIpc) is 3.19. The van der Waals surface area contributed by atoms with Crippen LogP contribution in [0.5, 0.6) is 0 Å². The number of carbonyl (C=O) groups is 1. The Labute approximate surface area is 183 Å². The second kappa shape index (κ2) is 10.5. The zero-order chi connectivity index (χ0) is 20.8. The maximum absolute atomic E-state index is 12.7. The molecular weight excluding hydrogens is 396 g/mol. The van der Waals surface area contributed by atoms with Crippen molar-refractivity contribution >= 4 is 22.9 Å². The molecule has 1 N–H and O–H groups in total. The number of nitrogens with zero attached hydrogens (tertiary/aromatic N) is 3. The summed E-state index contributed by atoms with van der Waals surface area (Å²) in [5.41, 5.74) is 3.36. The van der Waals surface area contributed by atoms with E-state index >= 15 is 0 Å². The maximum atomic E-state index is 12.7. The predicted molar refractivity (Wildman–Crippen MR) is 121 cm³/mol. The van der Waals surface area contributed by atoms with Crippen molar-refractivity contribution in [2.75, 3.05) is 51.3 Å². The summed E-state index contributed by atoms with van der Waals surface area (Å²) in [5, 5.41) is 6.37. The van der Waals surface area contributed by atoms with Gasteiger partial charge >= 0.3 is 0 Å². The summed E-state index contributed by atoms with van der Waals surface area (Å²) in [7, 11) is 0. The van der Waals surface area contributed by atoms with Crippen LogP contribution in [0.15, 0.2) is 29.6 Å². The molecule has 30 heavy (non-hydrogen) atoms. The molecule has 2 aromatic rings. The van der Waals surface area contributed by atoms with Crippen LogP contribution < -0.4 is 5.32 Å². The summed E-state index contributed by atoms with van der Waals surface area (Å²) >= 11 is 1.70. The molecule has 2 aliphatic rings. The van der Waals surface area contributed by atoms with E-state index in [0.717, 1.165) is 88.1 Å². The Bertz CT molecular complexity index is 809. The number of benzene rings is 1. The average molecular weight is 429 g/mol. The first-order valence-corrected chi connectivity index (χ1v) is 11.9. The normalized spacial score (nSPS) is 19.1. The van der Waals surface area contributed by atoms with E-state index in [1.165, 1.54) is 5.56 Å². The van der Waals surface area contributed by atoms with Crippen LogP contribution in [0.25, 0.3) is 0 Å². The summed E-state index contributed by atoms with van der Waals surface area (Å²) in [5.74, 6) is 0.250. The van der Waals surface area contributed by atoms with Crippen molar-refractivity contribution in [3.8, 4) is 0 Å². The fourth-order valence-corrected chi connectivity index (χ4v) is 4.78. The van der Waals surface area contributed by atoms with E-state index in [1.54, 1.807) is 11.3 Å².